The number of aromatic nitrogens is 1. The Balaban J connectivity index is 1.86. The van der Waals surface area contributed by atoms with E-state index in [1.54, 1.807) is 18.4 Å². The molecule has 0 spiro atoms. The Morgan fingerprint density at radius 1 is 1.16 bits per heavy atom. The third kappa shape index (κ3) is 2.25. The number of anilines is 1. The van der Waals surface area contributed by atoms with Crippen LogP contribution in [0.2, 0.25) is 0 Å². The molecule has 4 nitrogen and oxygen atoms in total. The van der Waals surface area contributed by atoms with E-state index >= 15 is 0 Å². The fourth-order valence-electron chi connectivity index (χ4n) is 2.22. The van der Waals surface area contributed by atoms with Crippen molar-refractivity contribution in [3.63, 3.8) is 0 Å². The lowest BCUT2D eigenvalue weighted by Gasteiger charge is -2.06. The molecule has 2 heterocycles. The Kier molecular flexibility index (Phi) is 2.63. The molecule has 3 aromatic rings. The van der Waals surface area contributed by atoms with Gasteiger partial charge in [-0.3, -0.25) is 4.79 Å². The predicted molar refractivity (Wildman–Crippen MR) is 74.4 cm³/mol. The van der Waals surface area contributed by atoms with Gasteiger partial charge in [0.2, 0.25) is 0 Å². The zero-order valence-electron chi connectivity index (χ0n) is 10.8. The van der Waals surface area contributed by atoms with Gasteiger partial charge in [-0.25, -0.2) is 0 Å². The summed E-state index contributed by atoms with van der Waals surface area (Å²) in [6.07, 6.45) is 1.59. The van der Waals surface area contributed by atoms with Gasteiger partial charge < -0.3 is 14.7 Å². The van der Waals surface area contributed by atoms with Crippen molar-refractivity contribution in [1.82, 2.24) is 4.98 Å². The van der Waals surface area contributed by atoms with Gasteiger partial charge >= 0.3 is 0 Å². The molecule has 19 heavy (non-hydrogen) atoms. The summed E-state index contributed by atoms with van der Waals surface area (Å²) in [6.45, 7) is 4.01. The monoisotopic (exact) mass is 254 g/mol. The van der Waals surface area contributed by atoms with Gasteiger partial charge in [-0.1, -0.05) is 6.07 Å². The van der Waals surface area contributed by atoms with E-state index in [1.165, 1.54) is 0 Å². The van der Waals surface area contributed by atoms with Crippen LogP contribution in [0.4, 0.5) is 5.69 Å². The molecule has 0 atom stereocenters. The predicted octanol–water partition coefficient (Wildman–Crippen LogP) is 3.63. The quantitative estimate of drug-likeness (QED) is 0.733. The summed E-state index contributed by atoms with van der Waals surface area (Å²) in [6, 6.07) is 9.45. The summed E-state index contributed by atoms with van der Waals surface area (Å²) in [7, 11) is 0. The highest BCUT2D eigenvalue weighted by Crippen LogP contribution is 2.18. The number of furan rings is 1. The molecule has 1 aromatic carbocycles. The van der Waals surface area contributed by atoms with Gasteiger partial charge in [0.25, 0.3) is 5.91 Å². The smallest absolute Gasteiger partial charge is 0.272 e. The van der Waals surface area contributed by atoms with Crippen LogP contribution in [0.15, 0.2) is 41.0 Å². The van der Waals surface area contributed by atoms with Gasteiger partial charge in [0.1, 0.15) is 5.69 Å². The first kappa shape index (κ1) is 11.6. The molecule has 0 aliphatic heterocycles. The zero-order valence-corrected chi connectivity index (χ0v) is 10.8. The summed E-state index contributed by atoms with van der Waals surface area (Å²) in [5.74, 6) is -0.170. The van der Waals surface area contributed by atoms with E-state index in [2.05, 4.69) is 16.4 Å². The van der Waals surface area contributed by atoms with Crippen LogP contribution in [-0.2, 0) is 0 Å². The van der Waals surface area contributed by atoms with Crippen molar-refractivity contribution >= 4 is 22.7 Å². The summed E-state index contributed by atoms with van der Waals surface area (Å²) in [4.78, 5) is 15.1. The highest BCUT2D eigenvalue weighted by molar-refractivity contribution is 6.05. The minimum Gasteiger partial charge on any atom is -0.463 e. The topological polar surface area (TPSA) is 58.0 Å². The van der Waals surface area contributed by atoms with Crippen molar-refractivity contribution < 1.29 is 9.21 Å². The number of aromatic amines is 1. The summed E-state index contributed by atoms with van der Waals surface area (Å²) in [5, 5.41) is 2.88. The minimum absolute atomic E-state index is 0.170. The number of carbonyl (C=O) groups is 1. The summed E-state index contributed by atoms with van der Waals surface area (Å²) >= 11 is 0. The van der Waals surface area contributed by atoms with E-state index in [1.807, 2.05) is 26.0 Å². The maximum absolute atomic E-state index is 12.1. The second-order valence-electron chi connectivity index (χ2n) is 4.71. The normalized spacial score (nSPS) is 10.8. The largest absolute Gasteiger partial charge is 0.463 e. The fourth-order valence-corrected chi connectivity index (χ4v) is 2.22. The molecule has 0 radical (unpaired) electrons. The maximum atomic E-state index is 12.1. The van der Waals surface area contributed by atoms with E-state index < -0.39 is 0 Å². The number of amides is 1. The lowest BCUT2D eigenvalue weighted by atomic mass is 10.1. The van der Waals surface area contributed by atoms with Crippen LogP contribution in [0.1, 0.15) is 21.6 Å². The first-order valence-electron chi connectivity index (χ1n) is 6.08. The SMILES string of the molecule is Cc1cc(C)cc(NC(=O)c2cc3occc3[nH]2)c1. The highest BCUT2D eigenvalue weighted by atomic mass is 16.3. The number of hydrogen-bond acceptors (Lipinski definition) is 2. The first-order valence-corrected chi connectivity index (χ1v) is 6.08. The van der Waals surface area contributed by atoms with Gasteiger partial charge in [-0.15, -0.1) is 0 Å². The van der Waals surface area contributed by atoms with Gasteiger partial charge in [-0.2, -0.15) is 0 Å². The molecule has 0 fully saturated rings. The van der Waals surface area contributed by atoms with Crippen LogP contribution in [0.3, 0.4) is 0 Å². The molecule has 0 aliphatic rings. The second-order valence-corrected chi connectivity index (χ2v) is 4.71. The molecule has 0 saturated carbocycles. The molecule has 0 bridgehead atoms. The molecular weight excluding hydrogens is 240 g/mol. The lowest BCUT2D eigenvalue weighted by Crippen LogP contribution is -2.12. The Hall–Kier alpha value is -2.49. The van der Waals surface area contributed by atoms with Gasteiger partial charge in [0, 0.05) is 17.8 Å². The fraction of sp³-hybridized carbons (Fsp3) is 0.133. The van der Waals surface area contributed by atoms with Crippen LogP contribution >= 0.6 is 0 Å². The maximum Gasteiger partial charge on any atom is 0.272 e. The van der Waals surface area contributed by atoms with E-state index in [0.717, 1.165) is 22.3 Å². The van der Waals surface area contributed by atoms with E-state index in [-0.39, 0.29) is 5.91 Å². The molecule has 2 aromatic heterocycles. The van der Waals surface area contributed by atoms with Crippen molar-refractivity contribution in [3.8, 4) is 0 Å². The third-order valence-electron chi connectivity index (χ3n) is 2.96. The summed E-state index contributed by atoms with van der Waals surface area (Å²) < 4.78 is 5.23. The number of benzene rings is 1. The summed E-state index contributed by atoms with van der Waals surface area (Å²) in [5.41, 5.74) is 5.05. The number of carbonyl (C=O) groups excluding carboxylic acids is 1. The molecule has 2 N–H and O–H groups in total. The van der Waals surface area contributed by atoms with E-state index in [9.17, 15) is 4.79 Å². The minimum atomic E-state index is -0.170. The van der Waals surface area contributed by atoms with Gasteiger partial charge in [-0.05, 0) is 37.1 Å². The van der Waals surface area contributed by atoms with Crippen LogP contribution in [0, 0.1) is 13.8 Å². The second kappa shape index (κ2) is 4.31. The molecule has 0 unspecified atom stereocenters. The number of H-pyrrole nitrogens is 1. The Bertz CT molecular complexity index is 704. The lowest BCUT2D eigenvalue weighted by molar-refractivity contribution is 0.102. The number of aryl methyl sites for hydroxylation is 2. The molecule has 0 saturated heterocycles. The number of rotatable bonds is 2. The average molecular weight is 254 g/mol. The average Bonchev–Trinajstić information content (AvgIpc) is 2.86. The van der Waals surface area contributed by atoms with Crippen molar-refractivity contribution in [1.29, 1.82) is 0 Å². The van der Waals surface area contributed by atoms with Crippen LogP contribution < -0.4 is 5.32 Å². The van der Waals surface area contributed by atoms with Gasteiger partial charge in [0.05, 0.1) is 11.8 Å². The highest BCUT2D eigenvalue weighted by Gasteiger charge is 2.11. The van der Waals surface area contributed by atoms with Crippen LogP contribution in [-0.4, -0.2) is 10.9 Å². The molecule has 3 rings (SSSR count). The van der Waals surface area contributed by atoms with E-state index in [4.69, 9.17) is 4.42 Å². The molecule has 1 amide bonds. The van der Waals surface area contributed by atoms with Crippen LogP contribution in [0.25, 0.3) is 11.1 Å². The Morgan fingerprint density at radius 3 is 2.58 bits per heavy atom. The van der Waals surface area contributed by atoms with Crippen LogP contribution in [0.5, 0.6) is 0 Å². The number of fused-ring (bicyclic) bond motifs is 1. The van der Waals surface area contributed by atoms with Crippen molar-refractivity contribution in [2.75, 3.05) is 5.32 Å². The van der Waals surface area contributed by atoms with Crippen molar-refractivity contribution in [2.24, 2.45) is 0 Å². The molecular formula is C15H14N2O2. The van der Waals surface area contributed by atoms with Gasteiger partial charge in [0.15, 0.2) is 5.58 Å². The molecule has 96 valence electrons. The standard InChI is InChI=1S/C15H14N2O2/c1-9-5-10(2)7-11(6-9)16-15(18)13-8-14-12(17-13)3-4-19-14/h3-8,17H,1-2H3,(H,16,18). The first-order chi connectivity index (χ1) is 9.11. The Labute approximate surface area is 110 Å². The Morgan fingerprint density at radius 2 is 1.89 bits per heavy atom. The number of hydrogen-bond donors (Lipinski definition) is 2. The number of nitrogens with one attached hydrogen (secondary N) is 2. The zero-order chi connectivity index (χ0) is 13.4. The van der Waals surface area contributed by atoms with Crippen molar-refractivity contribution in [3.05, 3.63) is 53.4 Å². The molecule has 4 heteroatoms. The van der Waals surface area contributed by atoms with Crippen molar-refractivity contribution in [2.45, 2.75) is 13.8 Å². The van der Waals surface area contributed by atoms with E-state index in [0.29, 0.717) is 11.3 Å². The molecule has 0 aliphatic carbocycles. The third-order valence-corrected chi connectivity index (χ3v) is 2.96.